The van der Waals surface area contributed by atoms with Crippen molar-refractivity contribution in [3.05, 3.63) is 0 Å². The van der Waals surface area contributed by atoms with Gasteiger partial charge in [-0.3, -0.25) is 9.80 Å². The average Bonchev–Trinajstić information content (AvgIpc) is 2.83. The molecule has 0 spiro atoms. The van der Waals surface area contributed by atoms with Gasteiger partial charge in [0.05, 0.1) is 0 Å². The quantitative estimate of drug-likeness (QED) is 0.701. The SMILES string of the molecule is CCC(C=O)(CC)CN1CC2CCCN2CC1C. The van der Waals surface area contributed by atoms with E-state index in [4.69, 9.17) is 0 Å². The van der Waals surface area contributed by atoms with Crippen LogP contribution in [-0.2, 0) is 4.79 Å². The summed E-state index contributed by atoms with van der Waals surface area (Å²) in [6.45, 7) is 11.2. The predicted molar refractivity (Wildman–Crippen MR) is 74.7 cm³/mol. The molecule has 2 heterocycles. The topological polar surface area (TPSA) is 23.6 Å². The van der Waals surface area contributed by atoms with Gasteiger partial charge in [-0.25, -0.2) is 0 Å². The van der Waals surface area contributed by atoms with Crippen LogP contribution in [0.1, 0.15) is 46.5 Å². The molecule has 0 amide bonds. The van der Waals surface area contributed by atoms with Gasteiger partial charge < -0.3 is 4.79 Å². The van der Waals surface area contributed by atoms with Crippen LogP contribution in [0.3, 0.4) is 0 Å². The van der Waals surface area contributed by atoms with Crippen molar-refractivity contribution in [1.29, 1.82) is 0 Å². The Hall–Kier alpha value is -0.410. The lowest BCUT2D eigenvalue weighted by molar-refractivity contribution is -0.118. The molecule has 0 saturated carbocycles. The fourth-order valence-electron chi connectivity index (χ4n) is 3.55. The van der Waals surface area contributed by atoms with Crippen molar-refractivity contribution in [3.63, 3.8) is 0 Å². The largest absolute Gasteiger partial charge is 0.303 e. The predicted octanol–water partition coefficient (Wildman–Crippen LogP) is 2.16. The molecule has 2 rings (SSSR count). The van der Waals surface area contributed by atoms with E-state index in [1.165, 1.54) is 32.2 Å². The second-order valence-corrected chi connectivity index (χ2v) is 6.26. The fraction of sp³-hybridized carbons (Fsp3) is 0.933. The minimum Gasteiger partial charge on any atom is -0.303 e. The molecule has 3 heteroatoms. The molecule has 0 aromatic heterocycles. The van der Waals surface area contributed by atoms with E-state index in [0.29, 0.717) is 6.04 Å². The number of carbonyl (C=O) groups excluding carboxylic acids is 1. The maximum atomic E-state index is 11.5. The van der Waals surface area contributed by atoms with Crippen molar-refractivity contribution in [1.82, 2.24) is 9.80 Å². The third kappa shape index (κ3) is 2.62. The zero-order chi connectivity index (χ0) is 13.2. The number of hydrogen-bond donors (Lipinski definition) is 0. The van der Waals surface area contributed by atoms with E-state index >= 15 is 0 Å². The van der Waals surface area contributed by atoms with Gasteiger partial charge in [-0.15, -0.1) is 0 Å². The first kappa shape index (κ1) is 14.0. The normalized spacial score (nSPS) is 30.4. The minimum atomic E-state index is -0.116. The lowest BCUT2D eigenvalue weighted by Crippen LogP contribution is -2.57. The van der Waals surface area contributed by atoms with Gasteiger partial charge in [-0.1, -0.05) is 13.8 Å². The van der Waals surface area contributed by atoms with E-state index in [2.05, 4.69) is 30.6 Å². The van der Waals surface area contributed by atoms with Gasteiger partial charge in [0.1, 0.15) is 6.29 Å². The molecule has 2 fully saturated rings. The molecule has 2 unspecified atom stereocenters. The Labute approximate surface area is 112 Å². The Balaban J connectivity index is 2.01. The number of nitrogens with zero attached hydrogens (tertiary/aromatic N) is 2. The van der Waals surface area contributed by atoms with Crippen LogP contribution in [0.5, 0.6) is 0 Å². The Morgan fingerprint density at radius 3 is 2.61 bits per heavy atom. The smallest absolute Gasteiger partial charge is 0.127 e. The molecular formula is C15H28N2O. The standard InChI is InChI=1S/C15H28N2O/c1-4-15(5-2,12-18)11-17-10-14-7-6-8-16(14)9-13(17)3/h12-14H,4-11H2,1-3H3. The van der Waals surface area contributed by atoms with E-state index in [-0.39, 0.29) is 5.41 Å². The zero-order valence-electron chi connectivity index (χ0n) is 12.2. The number of fused-ring (bicyclic) bond motifs is 1. The third-order valence-electron chi connectivity index (χ3n) is 5.24. The Bertz CT molecular complexity index is 288. The first-order valence-corrected chi connectivity index (χ1v) is 7.58. The summed E-state index contributed by atoms with van der Waals surface area (Å²) in [6.07, 6.45) is 5.83. The summed E-state index contributed by atoms with van der Waals surface area (Å²) in [7, 11) is 0. The number of aldehydes is 1. The Morgan fingerprint density at radius 2 is 2.00 bits per heavy atom. The van der Waals surface area contributed by atoms with Crippen LogP contribution in [0.4, 0.5) is 0 Å². The molecule has 104 valence electrons. The highest BCUT2D eigenvalue weighted by Crippen LogP contribution is 2.30. The van der Waals surface area contributed by atoms with Crippen molar-refractivity contribution in [3.8, 4) is 0 Å². The van der Waals surface area contributed by atoms with Gasteiger partial charge in [-0.2, -0.15) is 0 Å². The van der Waals surface area contributed by atoms with E-state index in [1.807, 2.05) is 0 Å². The van der Waals surface area contributed by atoms with E-state index < -0.39 is 0 Å². The van der Waals surface area contributed by atoms with Gasteiger partial charge >= 0.3 is 0 Å². The molecule has 2 atom stereocenters. The van der Waals surface area contributed by atoms with Gasteiger partial charge in [0.2, 0.25) is 0 Å². The summed E-state index contributed by atoms with van der Waals surface area (Å²) in [5.41, 5.74) is -0.116. The van der Waals surface area contributed by atoms with Crippen molar-refractivity contribution in [2.24, 2.45) is 5.41 Å². The van der Waals surface area contributed by atoms with Crippen LogP contribution < -0.4 is 0 Å². The van der Waals surface area contributed by atoms with Crippen LogP contribution in [0.15, 0.2) is 0 Å². The van der Waals surface area contributed by atoms with Gasteiger partial charge in [-0.05, 0) is 39.2 Å². The summed E-state index contributed by atoms with van der Waals surface area (Å²) in [5.74, 6) is 0. The number of carbonyl (C=O) groups is 1. The maximum absolute atomic E-state index is 11.5. The van der Waals surface area contributed by atoms with Crippen molar-refractivity contribution in [2.75, 3.05) is 26.2 Å². The summed E-state index contributed by atoms with van der Waals surface area (Å²) >= 11 is 0. The first-order chi connectivity index (χ1) is 8.64. The molecule has 0 aliphatic carbocycles. The van der Waals surface area contributed by atoms with Gasteiger partial charge in [0.25, 0.3) is 0 Å². The van der Waals surface area contributed by atoms with Crippen molar-refractivity contribution in [2.45, 2.75) is 58.5 Å². The summed E-state index contributed by atoms with van der Waals surface area (Å²) in [5, 5.41) is 0. The third-order valence-corrected chi connectivity index (χ3v) is 5.24. The number of rotatable bonds is 5. The van der Waals surface area contributed by atoms with Crippen molar-refractivity contribution >= 4 is 6.29 Å². The van der Waals surface area contributed by atoms with Crippen LogP contribution >= 0.6 is 0 Å². The van der Waals surface area contributed by atoms with Crippen LogP contribution in [0.2, 0.25) is 0 Å². The molecule has 0 aromatic carbocycles. The Morgan fingerprint density at radius 1 is 1.28 bits per heavy atom. The van der Waals surface area contributed by atoms with E-state index in [9.17, 15) is 4.79 Å². The van der Waals surface area contributed by atoms with E-state index in [1.54, 1.807) is 0 Å². The average molecular weight is 252 g/mol. The maximum Gasteiger partial charge on any atom is 0.127 e. The molecule has 2 saturated heterocycles. The van der Waals surface area contributed by atoms with Crippen LogP contribution in [0.25, 0.3) is 0 Å². The monoisotopic (exact) mass is 252 g/mol. The minimum absolute atomic E-state index is 0.116. The number of hydrogen-bond acceptors (Lipinski definition) is 3. The Kier molecular flexibility index (Phi) is 4.44. The molecule has 18 heavy (non-hydrogen) atoms. The fourth-order valence-corrected chi connectivity index (χ4v) is 3.55. The number of piperazine rings is 1. The molecule has 0 bridgehead atoms. The van der Waals surface area contributed by atoms with Gasteiger partial charge in [0, 0.05) is 37.1 Å². The van der Waals surface area contributed by atoms with Gasteiger partial charge in [0.15, 0.2) is 0 Å². The van der Waals surface area contributed by atoms with E-state index in [0.717, 1.165) is 32.0 Å². The lowest BCUT2D eigenvalue weighted by atomic mass is 9.82. The van der Waals surface area contributed by atoms with Crippen LogP contribution in [-0.4, -0.2) is 54.3 Å². The second-order valence-electron chi connectivity index (χ2n) is 6.26. The summed E-state index contributed by atoms with van der Waals surface area (Å²) in [4.78, 5) is 16.7. The highest BCUT2D eigenvalue weighted by Gasteiger charge is 2.37. The molecule has 2 aliphatic heterocycles. The molecule has 0 N–H and O–H groups in total. The highest BCUT2D eigenvalue weighted by atomic mass is 16.1. The zero-order valence-corrected chi connectivity index (χ0v) is 12.2. The molecule has 3 nitrogen and oxygen atoms in total. The molecule has 2 aliphatic rings. The lowest BCUT2D eigenvalue weighted by Gasteiger charge is -2.45. The second kappa shape index (κ2) is 5.70. The van der Waals surface area contributed by atoms with Crippen molar-refractivity contribution < 1.29 is 4.79 Å². The molecule has 0 aromatic rings. The van der Waals surface area contributed by atoms with Crippen LogP contribution in [0, 0.1) is 5.41 Å². The highest BCUT2D eigenvalue weighted by molar-refractivity contribution is 5.59. The summed E-state index contributed by atoms with van der Waals surface area (Å²) < 4.78 is 0. The first-order valence-electron chi connectivity index (χ1n) is 7.58. The molecular weight excluding hydrogens is 224 g/mol. The molecule has 0 radical (unpaired) electrons. The summed E-state index contributed by atoms with van der Waals surface area (Å²) in [6, 6.07) is 1.34.